The number of piperidine rings is 1. The number of carbonyl (C=O) groups excluding carboxylic acids is 2. The maximum atomic E-state index is 12.8. The van der Waals surface area contributed by atoms with Gasteiger partial charge in [0, 0.05) is 36.5 Å². The van der Waals surface area contributed by atoms with Crippen LogP contribution in [-0.4, -0.2) is 46.9 Å². The Morgan fingerprint density at radius 2 is 1.84 bits per heavy atom. The molecule has 0 saturated carbocycles. The molecule has 0 radical (unpaired) electrons. The number of nitrogens with one attached hydrogen (secondary N) is 1. The first kappa shape index (κ1) is 21.5. The molecule has 0 aliphatic carbocycles. The molecule has 1 aromatic heterocycles. The Morgan fingerprint density at radius 3 is 2.53 bits per heavy atom. The van der Waals surface area contributed by atoms with Crippen molar-refractivity contribution < 1.29 is 14.3 Å². The van der Waals surface area contributed by atoms with E-state index in [-0.39, 0.29) is 17.7 Å². The second kappa shape index (κ2) is 9.60. The third kappa shape index (κ3) is 4.77. The number of hydrogen-bond acceptors (Lipinski definition) is 5. The lowest BCUT2D eigenvalue weighted by Crippen LogP contribution is -2.39. The predicted molar refractivity (Wildman–Crippen MR) is 122 cm³/mol. The summed E-state index contributed by atoms with van der Waals surface area (Å²) in [6.45, 7) is 3.11. The van der Waals surface area contributed by atoms with Gasteiger partial charge >= 0.3 is 0 Å². The van der Waals surface area contributed by atoms with Gasteiger partial charge in [-0.1, -0.05) is 18.2 Å². The number of anilines is 1. The highest BCUT2D eigenvalue weighted by Gasteiger charge is 2.27. The first-order chi connectivity index (χ1) is 15.5. The molecular weight excluding hydrogens is 404 g/mol. The third-order valence-electron chi connectivity index (χ3n) is 5.68. The van der Waals surface area contributed by atoms with E-state index < -0.39 is 0 Å². The Balaban J connectivity index is 1.45. The second-order valence-electron chi connectivity index (χ2n) is 7.87. The van der Waals surface area contributed by atoms with Gasteiger partial charge in [0.05, 0.1) is 18.4 Å². The summed E-state index contributed by atoms with van der Waals surface area (Å²) in [4.78, 5) is 36.5. The molecule has 7 heteroatoms. The molecule has 1 atom stereocenters. The molecule has 1 saturated heterocycles. The van der Waals surface area contributed by atoms with Gasteiger partial charge in [0.15, 0.2) is 0 Å². The number of rotatable bonds is 5. The molecular formula is C25H26N4O3. The minimum Gasteiger partial charge on any atom is -0.497 e. The van der Waals surface area contributed by atoms with Crippen LogP contribution >= 0.6 is 0 Å². The van der Waals surface area contributed by atoms with E-state index in [9.17, 15) is 9.59 Å². The molecule has 4 rings (SSSR count). The maximum absolute atomic E-state index is 12.8. The number of methoxy groups -OCH3 is 1. The van der Waals surface area contributed by atoms with Crippen LogP contribution in [0, 0.1) is 6.92 Å². The molecule has 7 nitrogen and oxygen atoms in total. The number of amides is 2. The zero-order valence-corrected chi connectivity index (χ0v) is 18.2. The summed E-state index contributed by atoms with van der Waals surface area (Å²) < 4.78 is 5.14. The van der Waals surface area contributed by atoms with Crippen molar-refractivity contribution in [2.75, 3.05) is 25.5 Å². The van der Waals surface area contributed by atoms with Crippen LogP contribution in [0.4, 0.5) is 5.69 Å². The van der Waals surface area contributed by atoms with Crippen molar-refractivity contribution in [2.45, 2.75) is 25.7 Å². The van der Waals surface area contributed by atoms with Crippen LogP contribution in [-0.2, 0) is 0 Å². The van der Waals surface area contributed by atoms with Gasteiger partial charge in [-0.15, -0.1) is 0 Å². The standard InChI is InChI=1S/C25H26N4O3/c1-17-22(24(30)28-20-10-12-21(32-2)13-11-20)15-26-23(27-17)19-9-6-14-29(16-19)25(31)18-7-4-3-5-8-18/h3-5,7-8,10-13,15,19H,6,9,14,16H2,1-2H3,(H,28,30)/t19-/m0/s1. The predicted octanol–water partition coefficient (Wildman–Crippen LogP) is 4.07. The zero-order valence-electron chi connectivity index (χ0n) is 18.2. The van der Waals surface area contributed by atoms with E-state index >= 15 is 0 Å². The fourth-order valence-electron chi connectivity index (χ4n) is 3.91. The fourth-order valence-corrected chi connectivity index (χ4v) is 3.91. The Bertz CT molecular complexity index is 1100. The number of carbonyl (C=O) groups is 2. The molecule has 32 heavy (non-hydrogen) atoms. The number of aromatic nitrogens is 2. The monoisotopic (exact) mass is 430 g/mol. The highest BCUT2D eigenvalue weighted by molar-refractivity contribution is 6.04. The number of aryl methyl sites for hydroxylation is 1. The smallest absolute Gasteiger partial charge is 0.259 e. The average molecular weight is 431 g/mol. The van der Waals surface area contributed by atoms with Crippen molar-refractivity contribution in [1.82, 2.24) is 14.9 Å². The number of benzene rings is 2. The summed E-state index contributed by atoms with van der Waals surface area (Å²) in [5, 5.41) is 2.86. The van der Waals surface area contributed by atoms with Gasteiger partial charge in [-0.2, -0.15) is 0 Å². The molecule has 0 bridgehead atoms. The number of hydrogen-bond donors (Lipinski definition) is 1. The largest absolute Gasteiger partial charge is 0.497 e. The summed E-state index contributed by atoms with van der Waals surface area (Å²) in [7, 11) is 1.60. The SMILES string of the molecule is COc1ccc(NC(=O)c2cnc([C@H]3CCCN(C(=O)c4ccccc4)C3)nc2C)cc1. The third-order valence-corrected chi connectivity index (χ3v) is 5.68. The van der Waals surface area contributed by atoms with E-state index in [1.165, 1.54) is 0 Å². The normalized spacial score (nSPS) is 15.8. The maximum Gasteiger partial charge on any atom is 0.259 e. The van der Waals surface area contributed by atoms with E-state index in [1.54, 1.807) is 37.6 Å². The van der Waals surface area contributed by atoms with E-state index in [2.05, 4.69) is 15.3 Å². The van der Waals surface area contributed by atoms with Gasteiger partial charge in [-0.3, -0.25) is 9.59 Å². The fraction of sp³-hybridized carbons (Fsp3) is 0.280. The van der Waals surface area contributed by atoms with Gasteiger partial charge in [-0.25, -0.2) is 9.97 Å². The van der Waals surface area contributed by atoms with Crippen molar-refractivity contribution in [3.63, 3.8) is 0 Å². The molecule has 1 aliphatic rings. The number of ether oxygens (including phenoxy) is 1. The van der Waals surface area contributed by atoms with Crippen molar-refractivity contribution >= 4 is 17.5 Å². The molecule has 164 valence electrons. The summed E-state index contributed by atoms with van der Waals surface area (Å²) >= 11 is 0. The number of nitrogens with zero attached hydrogens (tertiary/aromatic N) is 3. The van der Waals surface area contributed by atoms with Gasteiger partial charge in [-0.05, 0) is 56.2 Å². The van der Waals surface area contributed by atoms with E-state index in [1.807, 2.05) is 42.2 Å². The van der Waals surface area contributed by atoms with Crippen LogP contribution < -0.4 is 10.1 Å². The molecule has 0 spiro atoms. The Kier molecular flexibility index (Phi) is 6.44. The van der Waals surface area contributed by atoms with Crippen LogP contribution in [0.2, 0.25) is 0 Å². The highest BCUT2D eigenvalue weighted by Crippen LogP contribution is 2.26. The molecule has 2 heterocycles. The quantitative estimate of drug-likeness (QED) is 0.660. The summed E-state index contributed by atoms with van der Waals surface area (Å²) in [5.74, 6) is 1.22. The van der Waals surface area contributed by atoms with E-state index in [0.717, 1.165) is 25.1 Å². The minimum absolute atomic E-state index is 0.0301. The Hall–Kier alpha value is -3.74. The average Bonchev–Trinajstić information content (AvgIpc) is 2.84. The van der Waals surface area contributed by atoms with E-state index in [4.69, 9.17) is 4.74 Å². The molecule has 2 amide bonds. The molecule has 1 fully saturated rings. The van der Waals surface area contributed by atoms with Crippen LogP contribution in [0.1, 0.15) is 51.0 Å². The van der Waals surface area contributed by atoms with Crippen LogP contribution in [0.15, 0.2) is 60.8 Å². The molecule has 1 aliphatic heterocycles. The number of likely N-dealkylation sites (tertiary alicyclic amines) is 1. The first-order valence-electron chi connectivity index (χ1n) is 10.7. The van der Waals surface area contributed by atoms with Crippen LogP contribution in [0.3, 0.4) is 0 Å². The summed E-state index contributed by atoms with van der Waals surface area (Å²) in [5.41, 5.74) is 2.41. The lowest BCUT2D eigenvalue weighted by Gasteiger charge is -2.32. The minimum atomic E-state index is -0.260. The van der Waals surface area contributed by atoms with Crippen LogP contribution in [0.5, 0.6) is 5.75 Å². The van der Waals surface area contributed by atoms with Crippen molar-refractivity contribution in [1.29, 1.82) is 0 Å². The second-order valence-corrected chi connectivity index (χ2v) is 7.87. The zero-order chi connectivity index (χ0) is 22.5. The van der Waals surface area contributed by atoms with Gasteiger partial charge < -0.3 is 15.0 Å². The summed E-state index contributed by atoms with van der Waals surface area (Å²) in [6, 6.07) is 16.4. The lowest BCUT2D eigenvalue weighted by atomic mass is 9.96. The lowest BCUT2D eigenvalue weighted by molar-refractivity contribution is 0.0704. The molecule has 2 aromatic carbocycles. The Morgan fingerprint density at radius 1 is 1.09 bits per heavy atom. The molecule has 1 N–H and O–H groups in total. The summed E-state index contributed by atoms with van der Waals surface area (Å²) in [6.07, 6.45) is 3.38. The van der Waals surface area contributed by atoms with Crippen LogP contribution in [0.25, 0.3) is 0 Å². The first-order valence-corrected chi connectivity index (χ1v) is 10.7. The van der Waals surface area contributed by atoms with Gasteiger partial charge in [0.25, 0.3) is 11.8 Å². The molecule has 0 unspecified atom stereocenters. The Labute approximate surface area is 187 Å². The van der Waals surface area contributed by atoms with Gasteiger partial charge in [0.2, 0.25) is 0 Å². The van der Waals surface area contributed by atoms with Gasteiger partial charge in [0.1, 0.15) is 11.6 Å². The van der Waals surface area contributed by atoms with Crippen molar-refractivity contribution in [3.8, 4) is 5.75 Å². The topological polar surface area (TPSA) is 84.4 Å². The molecule has 3 aromatic rings. The van der Waals surface area contributed by atoms with E-state index in [0.29, 0.717) is 34.9 Å². The highest BCUT2D eigenvalue weighted by atomic mass is 16.5. The van der Waals surface area contributed by atoms with Crippen molar-refractivity contribution in [2.24, 2.45) is 0 Å². The van der Waals surface area contributed by atoms with Crippen molar-refractivity contribution in [3.05, 3.63) is 83.4 Å².